The fourth-order valence-corrected chi connectivity index (χ4v) is 2.04. The third-order valence-electron chi connectivity index (χ3n) is 2.44. The Labute approximate surface area is 116 Å². The van der Waals surface area contributed by atoms with Crippen LogP contribution in [0, 0.1) is 11.6 Å². The van der Waals surface area contributed by atoms with E-state index in [4.69, 9.17) is 5.73 Å². The summed E-state index contributed by atoms with van der Waals surface area (Å²) in [6.07, 6.45) is 0. The highest BCUT2D eigenvalue weighted by atomic mass is 79.9. The number of hydrogen-bond acceptors (Lipinski definition) is 2. The number of carbonyl (C=O) groups is 1. The Morgan fingerprint density at radius 2 is 1.74 bits per heavy atom. The second-order valence-electron chi connectivity index (χ2n) is 3.81. The number of nitrogens with two attached hydrogens (primary N) is 1. The van der Waals surface area contributed by atoms with E-state index >= 15 is 0 Å². The van der Waals surface area contributed by atoms with Crippen molar-refractivity contribution in [3.8, 4) is 0 Å². The maximum atomic E-state index is 12.9. The van der Waals surface area contributed by atoms with E-state index < -0.39 is 17.5 Å². The molecule has 19 heavy (non-hydrogen) atoms. The summed E-state index contributed by atoms with van der Waals surface area (Å²) < 4.78 is 26.1. The van der Waals surface area contributed by atoms with Gasteiger partial charge in [-0.25, -0.2) is 8.78 Å². The summed E-state index contributed by atoms with van der Waals surface area (Å²) in [5.41, 5.74) is 6.25. The van der Waals surface area contributed by atoms with Crippen molar-refractivity contribution in [1.29, 1.82) is 0 Å². The molecule has 0 spiro atoms. The lowest BCUT2D eigenvalue weighted by molar-refractivity contribution is 0.102. The van der Waals surface area contributed by atoms with Crippen LogP contribution in [0.2, 0.25) is 0 Å². The maximum Gasteiger partial charge on any atom is 0.256 e. The highest BCUT2D eigenvalue weighted by Crippen LogP contribution is 2.23. The molecule has 0 unspecified atom stereocenters. The molecule has 0 aromatic heterocycles. The van der Waals surface area contributed by atoms with Gasteiger partial charge in [0.15, 0.2) is 0 Å². The number of nitrogens with one attached hydrogen (secondary N) is 1. The van der Waals surface area contributed by atoms with Gasteiger partial charge >= 0.3 is 0 Å². The van der Waals surface area contributed by atoms with Crippen molar-refractivity contribution >= 4 is 33.2 Å². The van der Waals surface area contributed by atoms with Gasteiger partial charge in [-0.2, -0.15) is 0 Å². The first-order valence-electron chi connectivity index (χ1n) is 5.29. The summed E-state index contributed by atoms with van der Waals surface area (Å²) in [6.45, 7) is 0. The molecule has 0 aliphatic rings. The summed E-state index contributed by atoms with van der Waals surface area (Å²) in [6, 6.07) is 7.35. The molecule has 3 nitrogen and oxygen atoms in total. The number of carbonyl (C=O) groups excluding carboxylic acids is 1. The minimum atomic E-state index is -0.488. The second kappa shape index (κ2) is 5.36. The highest BCUT2D eigenvalue weighted by molar-refractivity contribution is 9.10. The van der Waals surface area contributed by atoms with Crippen LogP contribution in [0.15, 0.2) is 40.9 Å². The van der Waals surface area contributed by atoms with Crippen LogP contribution >= 0.6 is 15.9 Å². The van der Waals surface area contributed by atoms with Gasteiger partial charge in [-0.3, -0.25) is 4.79 Å². The van der Waals surface area contributed by atoms with Gasteiger partial charge < -0.3 is 11.1 Å². The number of hydrogen-bond donors (Lipinski definition) is 2. The summed E-state index contributed by atoms with van der Waals surface area (Å²) >= 11 is 3.10. The Kier molecular flexibility index (Phi) is 3.80. The predicted molar refractivity (Wildman–Crippen MR) is 72.9 cm³/mol. The SMILES string of the molecule is Nc1cc(F)ccc1NC(=O)c1ccc(F)cc1Br. The molecule has 6 heteroatoms. The van der Waals surface area contributed by atoms with E-state index in [0.717, 1.165) is 6.07 Å². The molecule has 0 atom stereocenters. The zero-order chi connectivity index (χ0) is 14.0. The van der Waals surface area contributed by atoms with Crippen LogP contribution in [-0.4, -0.2) is 5.91 Å². The Morgan fingerprint density at radius 3 is 2.37 bits per heavy atom. The van der Waals surface area contributed by atoms with Crippen LogP contribution in [0.3, 0.4) is 0 Å². The lowest BCUT2D eigenvalue weighted by Gasteiger charge is -2.09. The first-order chi connectivity index (χ1) is 8.97. The lowest BCUT2D eigenvalue weighted by atomic mass is 10.2. The Hall–Kier alpha value is -1.95. The van der Waals surface area contributed by atoms with Gasteiger partial charge in [-0.05, 0) is 52.3 Å². The molecule has 2 aromatic rings. The van der Waals surface area contributed by atoms with Crippen molar-refractivity contribution in [2.75, 3.05) is 11.1 Å². The first-order valence-corrected chi connectivity index (χ1v) is 6.08. The molecule has 0 radical (unpaired) electrons. The van der Waals surface area contributed by atoms with Gasteiger partial charge in [0.1, 0.15) is 11.6 Å². The number of rotatable bonds is 2. The zero-order valence-electron chi connectivity index (χ0n) is 9.58. The van der Waals surface area contributed by atoms with Gasteiger partial charge in [0, 0.05) is 4.47 Å². The molecule has 0 saturated carbocycles. The first kappa shape index (κ1) is 13.5. The van der Waals surface area contributed by atoms with Crippen LogP contribution in [0.25, 0.3) is 0 Å². The quantitative estimate of drug-likeness (QED) is 0.829. The molecule has 0 aliphatic carbocycles. The van der Waals surface area contributed by atoms with Crippen molar-refractivity contribution in [2.24, 2.45) is 0 Å². The van der Waals surface area contributed by atoms with E-state index in [1.54, 1.807) is 0 Å². The van der Waals surface area contributed by atoms with E-state index in [1.165, 1.54) is 30.3 Å². The third kappa shape index (κ3) is 3.08. The van der Waals surface area contributed by atoms with E-state index in [1.807, 2.05) is 0 Å². The third-order valence-corrected chi connectivity index (χ3v) is 3.09. The number of benzene rings is 2. The monoisotopic (exact) mass is 326 g/mol. The molecule has 2 rings (SSSR count). The predicted octanol–water partition coefficient (Wildman–Crippen LogP) is 3.56. The van der Waals surface area contributed by atoms with Gasteiger partial charge in [0.25, 0.3) is 5.91 Å². The Balaban J connectivity index is 2.25. The van der Waals surface area contributed by atoms with Crippen LogP contribution in [0.4, 0.5) is 20.2 Å². The van der Waals surface area contributed by atoms with Gasteiger partial charge in [0.05, 0.1) is 16.9 Å². The number of anilines is 2. The second-order valence-corrected chi connectivity index (χ2v) is 4.66. The number of nitrogen functional groups attached to an aromatic ring is 1. The molecule has 3 N–H and O–H groups in total. The molecule has 0 saturated heterocycles. The Morgan fingerprint density at radius 1 is 1.11 bits per heavy atom. The molecule has 0 bridgehead atoms. The van der Waals surface area contributed by atoms with Gasteiger partial charge in [-0.15, -0.1) is 0 Å². The summed E-state index contributed by atoms with van der Waals surface area (Å²) in [7, 11) is 0. The van der Waals surface area contributed by atoms with Crippen LogP contribution in [-0.2, 0) is 0 Å². The largest absolute Gasteiger partial charge is 0.397 e. The summed E-state index contributed by atoms with van der Waals surface area (Å²) in [5.74, 6) is -1.41. The minimum absolute atomic E-state index is 0.117. The van der Waals surface area contributed by atoms with E-state index in [-0.39, 0.29) is 11.3 Å². The van der Waals surface area contributed by atoms with E-state index in [0.29, 0.717) is 10.2 Å². The average Bonchev–Trinajstić information content (AvgIpc) is 2.32. The highest BCUT2D eigenvalue weighted by Gasteiger charge is 2.12. The van der Waals surface area contributed by atoms with Crippen molar-refractivity contribution < 1.29 is 13.6 Å². The number of amides is 1. The lowest BCUT2D eigenvalue weighted by Crippen LogP contribution is -2.14. The zero-order valence-corrected chi connectivity index (χ0v) is 11.2. The van der Waals surface area contributed by atoms with E-state index in [9.17, 15) is 13.6 Å². The van der Waals surface area contributed by atoms with Gasteiger partial charge in [-0.1, -0.05) is 0 Å². The van der Waals surface area contributed by atoms with Crippen LogP contribution in [0.1, 0.15) is 10.4 Å². The molecular weight excluding hydrogens is 318 g/mol. The molecule has 0 heterocycles. The van der Waals surface area contributed by atoms with Crippen molar-refractivity contribution in [3.63, 3.8) is 0 Å². The van der Waals surface area contributed by atoms with Crippen molar-refractivity contribution in [3.05, 3.63) is 58.1 Å². The smallest absolute Gasteiger partial charge is 0.256 e. The molecule has 0 fully saturated rings. The molecule has 2 aromatic carbocycles. The molecule has 0 aliphatic heterocycles. The van der Waals surface area contributed by atoms with Crippen LogP contribution in [0.5, 0.6) is 0 Å². The number of halogens is 3. The topological polar surface area (TPSA) is 55.1 Å². The fraction of sp³-hybridized carbons (Fsp3) is 0. The minimum Gasteiger partial charge on any atom is -0.397 e. The van der Waals surface area contributed by atoms with E-state index in [2.05, 4.69) is 21.2 Å². The maximum absolute atomic E-state index is 12.9. The van der Waals surface area contributed by atoms with Gasteiger partial charge in [0.2, 0.25) is 0 Å². The summed E-state index contributed by atoms with van der Waals surface area (Å²) in [4.78, 5) is 12.0. The molecule has 98 valence electrons. The normalized spacial score (nSPS) is 10.3. The molecular formula is C13H9BrF2N2O. The van der Waals surface area contributed by atoms with Crippen LogP contribution < -0.4 is 11.1 Å². The summed E-state index contributed by atoms with van der Waals surface area (Å²) in [5, 5.41) is 2.53. The van der Waals surface area contributed by atoms with Crippen molar-refractivity contribution in [2.45, 2.75) is 0 Å². The molecule has 1 amide bonds. The fourth-order valence-electron chi connectivity index (χ4n) is 1.51. The average molecular weight is 327 g/mol. The van der Waals surface area contributed by atoms with Crippen molar-refractivity contribution in [1.82, 2.24) is 0 Å². The standard InChI is InChI=1S/C13H9BrF2N2O/c14-10-5-7(15)1-3-9(10)13(19)18-12-4-2-8(16)6-11(12)17/h1-6H,17H2,(H,18,19). The Bertz CT molecular complexity index is 647.